The maximum absolute atomic E-state index is 5.39. The van der Waals surface area contributed by atoms with Gasteiger partial charge in [-0.25, -0.2) is 0 Å². The van der Waals surface area contributed by atoms with E-state index in [1.165, 1.54) is 5.69 Å². The monoisotopic (exact) mass is 191 g/mol. The highest BCUT2D eigenvalue weighted by atomic mass is 16.5. The van der Waals surface area contributed by atoms with Gasteiger partial charge in [0.15, 0.2) is 0 Å². The number of hydrogen-bond donors (Lipinski definition) is 0. The summed E-state index contributed by atoms with van der Waals surface area (Å²) in [7, 11) is 1.80. The van der Waals surface area contributed by atoms with Crippen molar-refractivity contribution in [3.05, 3.63) is 30.3 Å². The number of nitrogens with zero attached hydrogens (tertiary/aromatic N) is 1. The van der Waals surface area contributed by atoms with Gasteiger partial charge in [-0.3, -0.25) is 0 Å². The van der Waals surface area contributed by atoms with E-state index in [0.29, 0.717) is 12.1 Å². The van der Waals surface area contributed by atoms with Crippen LogP contribution in [0.4, 0.5) is 5.69 Å². The number of benzene rings is 1. The Hall–Kier alpha value is -1.02. The van der Waals surface area contributed by atoms with Crippen LogP contribution in [-0.4, -0.2) is 25.8 Å². The Morgan fingerprint density at radius 1 is 1.29 bits per heavy atom. The SMILES string of the molecule is COC1CC(C)N(c2ccccc2)C1. The second-order valence-corrected chi connectivity index (χ2v) is 3.93. The van der Waals surface area contributed by atoms with E-state index in [1.807, 2.05) is 0 Å². The van der Waals surface area contributed by atoms with Crippen molar-refractivity contribution in [2.45, 2.75) is 25.5 Å². The first-order chi connectivity index (χ1) is 6.81. The molecule has 2 unspecified atom stereocenters. The molecule has 0 radical (unpaired) electrons. The summed E-state index contributed by atoms with van der Waals surface area (Å²) >= 11 is 0. The van der Waals surface area contributed by atoms with Gasteiger partial charge in [-0.05, 0) is 25.5 Å². The minimum absolute atomic E-state index is 0.394. The van der Waals surface area contributed by atoms with Gasteiger partial charge in [0, 0.05) is 25.4 Å². The molecule has 0 spiro atoms. The summed E-state index contributed by atoms with van der Waals surface area (Å²) < 4.78 is 5.39. The van der Waals surface area contributed by atoms with Crippen LogP contribution in [0.2, 0.25) is 0 Å². The normalized spacial score (nSPS) is 26.9. The van der Waals surface area contributed by atoms with Crippen LogP contribution in [0, 0.1) is 0 Å². The molecular weight excluding hydrogens is 174 g/mol. The summed E-state index contributed by atoms with van der Waals surface area (Å²) in [4.78, 5) is 2.41. The van der Waals surface area contributed by atoms with Crippen LogP contribution in [0.25, 0.3) is 0 Å². The highest BCUT2D eigenvalue weighted by molar-refractivity contribution is 5.48. The molecule has 14 heavy (non-hydrogen) atoms. The van der Waals surface area contributed by atoms with Crippen molar-refractivity contribution in [1.82, 2.24) is 0 Å². The third kappa shape index (κ3) is 1.75. The van der Waals surface area contributed by atoms with Crippen LogP contribution in [0.3, 0.4) is 0 Å². The highest BCUT2D eigenvalue weighted by Gasteiger charge is 2.28. The molecule has 2 atom stereocenters. The first-order valence-corrected chi connectivity index (χ1v) is 5.15. The predicted molar refractivity (Wildman–Crippen MR) is 58.7 cm³/mol. The summed E-state index contributed by atoms with van der Waals surface area (Å²) in [5.41, 5.74) is 1.31. The van der Waals surface area contributed by atoms with Crippen molar-refractivity contribution in [1.29, 1.82) is 0 Å². The van der Waals surface area contributed by atoms with Gasteiger partial charge < -0.3 is 9.64 Å². The summed E-state index contributed by atoms with van der Waals surface area (Å²) in [5, 5.41) is 0. The van der Waals surface area contributed by atoms with E-state index in [2.05, 4.69) is 42.2 Å². The average Bonchev–Trinajstić information content (AvgIpc) is 2.61. The molecule has 0 amide bonds. The lowest BCUT2D eigenvalue weighted by Gasteiger charge is -2.23. The molecule has 2 nitrogen and oxygen atoms in total. The molecule has 1 fully saturated rings. The Balaban J connectivity index is 2.13. The Kier molecular flexibility index (Phi) is 2.73. The van der Waals surface area contributed by atoms with Gasteiger partial charge in [-0.1, -0.05) is 18.2 Å². The van der Waals surface area contributed by atoms with E-state index in [4.69, 9.17) is 4.74 Å². The summed E-state index contributed by atoms with van der Waals surface area (Å²) in [5.74, 6) is 0. The van der Waals surface area contributed by atoms with Crippen LogP contribution in [-0.2, 0) is 4.74 Å². The van der Waals surface area contributed by atoms with Gasteiger partial charge in [-0.2, -0.15) is 0 Å². The Bertz CT molecular complexity index is 286. The average molecular weight is 191 g/mol. The molecule has 76 valence electrons. The summed E-state index contributed by atoms with van der Waals surface area (Å²) in [6, 6.07) is 11.1. The predicted octanol–water partition coefficient (Wildman–Crippen LogP) is 2.30. The van der Waals surface area contributed by atoms with Crippen molar-refractivity contribution in [2.75, 3.05) is 18.6 Å². The molecule has 0 bridgehead atoms. The summed E-state index contributed by atoms with van der Waals surface area (Å²) in [6.07, 6.45) is 1.52. The van der Waals surface area contributed by atoms with Gasteiger partial charge in [0.2, 0.25) is 0 Å². The zero-order chi connectivity index (χ0) is 9.97. The Morgan fingerprint density at radius 3 is 2.57 bits per heavy atom. The number of methoxy groups -OCH3 is 1. The number of para-hydroxylation sites is 1. The number of rotatable bonds is 2. The van der Waals surface area contributed by atoms with Crippen molar-refractivity contribution >= 4 is 5.69 Å². The van der Waals surface area contributed by atoms with Gasteiger partial charge >= 0.3 is 0 Å². The fourth-order valence-electron chi connectivity index (χ4n) is 2.13. The van der Waals surface area contributed by atoms with E-state index in [9.17, 15) is 0 Å². The Labute approximate surface area is 85.5 Å². The second-order valence-electron chi connectivity index (χ2n) is 3.93. The minimum Gasteiger partial charge on any atom is -0.380 e. The fraction of sp³-hybridized carbons (Fsp3) is 0.500. The minimum atomic E-state index is 0.394. The molecule has 0 aromatic heterocycles. The maximum Gasteiger partial charge on any atom is 0.0765 e. The smallest absolute Gasteiger partial charge is 0.0765 e. The topological polar surface area (TPSA) is 12.5 Å². The van der Waals surface area contributed by atoms with E-state index in [1.54, 1.807) is 7.11 Å². The van der Waals surface area contributed by atoms with Crippen LogP contribution < -0.4 is 4.90 Å². The van der Waals surface area contributed by atoms with Crippen LogP contribution >= 0.6 is 0 Å². The lowest BCUT2D eigenvalue weighted by molar-refractivity contribution is 0.119. The third-order valence-electron chi connectivity index (χ3n) is 2.96. The van der Waals surface area contributed by atoms with Crippen molar-refractivity contribution in [3.63, 3.8) is 0 Å². The molecule has 2 heteroatoms. The Morgan fingerprint density at radius 2 is 2.00 bits per heavy atom. The van der Waals surface area contributed by atoms with E-state index in [-0.39, 0.29) is 0 Å². The third-order valence-corrected chi connectivity index (χ3v) is 2.96. The molecule has 0 aliphatic carbocycles. The van der Waals surface area contributed by atoms with E-state index >= 15 is 0 Å². The van der Waals surface area contributed by atoms with Gasteiger partial charge in [0.25, 0.3) is 0 Å². The van der Waals surface area contributed by atoms with Crippen molar-refractivity contribution in [2.24, 2.45) is 0 Å². The highest BCUT2D eigenvalue weighted by Crippen LogP contribution is 2.26. The molecule has 1 heterocycles. The van der Waals surface area contributed by atoms with Crippen molar-refractivity contribution < 1.29 is 4.74 Å². The molecule has 1 aliphatic rings. The lowest BCUT2D eigenvalue weighted by Crippen LogP contribution is -2.27. The molecule has 1 aliphatic heterocycles. The number of anilines is 1. The quantitative estimate of drug-likeness (QED) is 0.711. The molecule has 2 rings (SSSR count). The standard InChI is InChI=1S/C12H17NO/c1-10-8-12(14-2)9-13(10)11-6-4-3-5-7-11/h3-7,10,12H,8-9H2,1-2H3. The zero-order valence-corrected chi connectivity index (χ0v) is 8.81. The van der Waals surface area contributed by atoms with Gasteiger partial charge in [0.05, 0.1) is 6.10 Å². The number of ether oxygens (including phenoxy) is 1. The number of hydrogen-bond acceptors (Lipinski definition) is 2. The van der Waals surface area contributed by atoms with Gasteiger partial charge in [-0.15, -0.1) is 0 Å². The molecule has 1 aromatic carbocycles. The lowest BCUT2D eigenvalue weighted by atomic mass is 10.2. The molecule has 0 N–H and O–H groups in total. The molecule has 1 saturated heterocycles. The largest absolute Gasteiger partial charge is 0.380 e. The first kappa shape index (κ1) is 9.53. The second kappa shape index (κ2) is 4.01. The van der Waals surface area contributed by atoms with E-state index in [0.717, 1.165) is 13.0 Å². The molecule has 1 aromatic rings. The van der Waals surface area contributed by atoms with Crippen LogP contribution in [0.5, 0.6) is 0 Å². The molecular formula is C12H17NO. The molecule has 0 saturated carbocycles. The van der Waals surface area contributed by atoms with Crippen molar-refractivity contribution in [3.8, 4) is 0 Å². The van der Waals surface area contributed by atoms with Crippen LogP contribution in [0.15, 0.2) is 30.3 Å². The van der Waals surface area contributed by atoms with E-state index < -0.39 is 0 Å². The maximum atomic E-state index is 5.39. The fourth-order valence-corrected chi connectivity index (χ4v) is 2.13. The first-order valence-electron chi connectivity index (χ1n) is 5.15. The summed E-state index contributed by atoms with van der Waals surface area (Å²) in [6.45, 7) is 3.27. The zero-order valence-electron chi connectivity index (χ0n) is 8.81. The van der Waals surface area contributed by atoms with Gasteiger partial charge in [0.1, 0.15) is 0 Å². The van der Waals surface area contributed by atoms with Crippen LogP contribution in [0.1, 0.15) is 13.3 Å².